The smallest absolute Gasteiger partial charge is 0.222 e. The van der Waals surface area contributed by atoms with Crippen LogP contribution in [0.15, 0.2) is 29.8 Å². The molecule has 4 unspecified atom stereocenters. The minimum atomic E-state index is 0.282. The van der Waals surface area contributed by atoms with Gasteiger partial charge in [-0.25, -0.2) is 0 Å². The Labute approximate surface area is 180 Å². The first-order valence-electron chi connectivity index (χ1n) is 11.9. The Morgan fingerprint density at radius 3 is 2.97 bits per heavy atom. The minimum Gasteiger partial charge on any atom is -0.508 e. The summed E-state index contributed by atoms with van der Waals surface area (Å²) in [6.45, 7) is 5.46. The molecule has 4 heteroatoms. The molecule has 0 spiro atoms. The van der Waals surface area contributed by atoms with Crippen LogP contribution in [0.25, 0.3) is 0 Å². The molecule has 1 saturated heterocycles. The Bertz CT molecular complexity index is 847. The number of benzene rings is 1. The number of carbonyl (C=O) groups excluding carboxylic acids is 1. The molecular weight excluding hydrogens is 374 g/mol. The van der Waals surface area contributed by atoms with Crippen molar-refractivity contribution in [1.29, 1.82) is 0 Å². The third kappa shape index (κ3) is 3.47. The number of carbonyl (C=O) groups is 1. The van der Waals surface area contributed by atoms with Gasteiger partial charge in [0, 0.05) is 19.5 Å². The fourth-order valence-electron chi connectivity index (χ4n) is 7.11. The first-order chi connectivity index (χ1) is 14.6. The molecule has 1 N–H and O–H groups in total. The number of hydrogen-bond donors (Lipinski definition) is 1. The highest BCUT2D eigenvalue weighted by molar-refractivity contribution is 5.78. The van der Waals surface area contributed by atoms with E-state index in [2.05, 4.69) is 19.1 Å². The average Bonchev–Trinajstić information content (AvgIpc) is 3.30. The second-order valence-electron chi connectivity index (χ2n) is 10.1. The Hall–Kier alpha value is -1.81. The molecule has 4 aliphatic rings. The lowest BCUT2D eigenvalue weighted by Crippen LogP contribution is -2.40. The molecule has 3 fully saturated rings. The van der Waals surface area contributed by atoms with E-state index in [-0.39, 0.29) is 5.91 Å². The molecule has 1 amide bonds. The monoisotopic (exact) mass is 409 g/mol. The van der Waals surface area contributed by atoms with E-state index in [1.807, 2.05) is 17.0 Å². The second kappa shape index (κ2) is 8.03. The van der Waals surface area contributed by atoms with E-state index in [1.54, 1.807) is 5.57 Å². The van der Waals surface area contributed by atoms with Gasteiger partial charge in [0.15, 0.2) is 0 Å². The van der Waals surface area contributed by atoms with Crippen LogP contribution in [-0.4, -0.2) is 42.2 Å². The van der Waals surface area contributed by atoms with Crippen LogP contribution in [0.5, 0.6) is 5.75 Å². The van der Waals surface area contributed by atoms with Gasteiger partial charge in [-0.3, -0.25) is 4.79 Å². The Morgan fingerprint density at radius 1 is 1.23 bits per heavy atom. The standard InChI is InChI=1S/C26H35NO3/c1-26-12-10-22-21-8-6-20(28)17-18(21)4-7-23(22)24(26)9-5-19(26)11-15-30-16-14-27-13-2-3-25(27)29/h6,8,11,17,22-24,28H,2-5,7,9-10,12-16H2,1H3/b19-11+. The van der Waals surface area contributed by atoms with Crippen LogP contribution in [0, 0.1) is 17.3 Å². The van der Waals surface area contributed by atoms with Crippen LogP contribution < -0.4 is 0 Å². The highest BCUT2D eigenvalue weighted by atomic mass is 16.5. The SMILES string of the molecule is CC12CCC3c4ccc(O)cc4CCC3C1CC/C2=C\COCCN1CCCC1=O. The fourth-order valence-corrected chi connectivity index (χ4v) is 7.11. The first kappa shape index (κ1) is 20.1. The molecule has 1 aromatic carbocycles. The Morgan fingerprint density at radius 2 is 2.13 bits per heavy atom. The van der Waals surface area contributed by atoms with E-state index in [1.165, 1.54) is 43.2 Å². The number of nitrogens with zero attached hydrogens (tertiary/aromatic N) is 1. The average molecular weight is 410 g/mol. The second-order valence-corrected chi connectivity index (χ2v) is 10.1. The van der Waals surface area contributed by atoms with Gasteiger partial charge in [0.1, 0.15) is 5.75 Å². The predicted molar refractivity (Wildman–Crippen MR) is 117 cm³/mol. The van der Waals surface area contributed by atoms with E-state index >= 15 is 0 Å². The fraction of sp³-hybridized carbons (Fsp3) is 0.654. The summed E-state index contributed by atoms with van der Waals surface area (Å²) in [5, 5.41) is 9.87. The third-order valence-corrected chi connectivity index (χ3v) is 8.68. The van der Waals surface area contributed by atoms with Crippen LogP contribution in [0.2, 0.25) is 0 Å². The van der Waals surface area contributed by atoms with Gasteiger partial charge in [0.2, 0.25) is 5.91 Å². The molecule has 1 aromatic rings. The van der Waals surface area contributed by atoms with Crippen molar-refractivity contribution in [2.45, 2.75) is 64.2 Å². The molecule has 0 bridgehead atoms. The van der Waals surface area contributed by atoms with E-state index in [4.69, 9.17) is 4.74 Å². The highest BCUT2D eigenvalue weighted by Gasteiger charge is 2.52. The molecule has 30 heavy (non-hydrogen) atoms. The number of ether oxygens (including phenoxy) is 1. The zero-order chi connectivity index (χ0) is 20.7. The molecule has 0 aromatic heterocycles. The van der Waals surface area contributed by atoms with Crippen molar-refractivity contribution >= 4 is 5.91 Å². The largest absolute Gasteiger partial charge is 0.508 e. The van der Waals surface area contributed by atoms with Crippen LogP contribution in [0.4, 0.5) is 0 Å². The van der Waals surface area contributed by atoms with Crippen LogP contribution in [-0.2, 0) is 16.0 Å². The maximum Gasteiger partial charge on any atom is 0.222 e. The molecule has 4 nitrogen and oxygen atoms in total. The molecule has 162 valence electrons. The number of amides is 1. The Balaban J connectivity index is 1.21. The van der Waals surface area contributed by atoms with Crippen molar-refractivity contribution < 1.29 is 14.6 Å². The van der Waals surface area contributed by atoms with Gasteiger partial charge in [0.05, 0.1) is 13.2 Å². The van der Waals surface area contributed by atoms with Gasteiger partial charge < -0.3 is 14.7 Å². The predicted octanol–water partition coefficient (Wildman–Crippen LogP) is 4.81. The number of likely N-dealkylation sites (tertiary alicyclic amines) is 1. The van der Waals surface area contributed by atoms with Crippen LogP contribution in [0.3, 0.4) is 0 Å². The Kier molecular flexibility index (Phi) is 5.38. The van der Waals surface area contributed by atoms with E-state index in [0.717, 1.165) is 37.8 Å². The number of phenols is 1. The molecule has 1 aliphatic heterocycles. The van der Waals surface area contributed by atoms with E-state index in [9.17, 15) is 9.90 Å². The molecule has 0 radical (unpaired) electrons. The maximum atomic E-state index is 11.7. The van der Waals surface area contributed by atoms with Crippen molar-refractivity contribution in [3.8, 4) is 5.75 Å². The van der Waals surface area contributed by atoms with Crippen LogP contribution in [0.1, 0.15) is 68.9 Å². The number of rotatable bonds is 5. The third-order valence-electron chi connectivity index (χ3n) is 8.68. The molecule has 5 rings (SSSR count). The van der Waals surface area contributed by atoms with Gasteiger partial charge in [-0.15, -0.1) is 0 Å². The van der Waals surface area contributed by atoms with Crippen LogP contribution >= 0.6 is 0 Å². The van der Waals surface area contributed by atoms with Gasteiger partial charge in [0.25, 0.3) is 0 Å². The van der Waals surface area contributed by atoms with Gasteiger partial charge in [-0.1, -0.05) is 24.6 Å². The number of aryl methyl sites for hydroxylation is 1. The number of fused-ring (bicyclic) bond motifs is 5. The van der Waals surface area contributed by atoms with Crippen molar-refractivity contribution in [2.24, 2.45) is 17.3 Å². The molecular formula is C26H35NO3. The quantitative estimate of drug-likeness (QED) is 0.561. The molecule has 4 atom stereocenters. The summed E-state index contributed by atoms with van der Waals surface area (Å²) in [6, 6.07) is 6.06. The number of hydrogen-bond acceptors (Lipinski definition) is 3. The summed E-state index contributed by atoms with van der Waals surface area (Å²) in [6.07, 6.45) is 11.5. The summed E-state index contributed by atoms with van der Waals surface area (Å²) < 4.78 is 5.90. The molecule has 1 heterocycles. The van der Waals surface area contributed by atoms with E-state index in [0.29, 0.717) is 36.7 Å². The number of allylic oxidation sites excluding steroid dienone is 1. The summed E-state index contributed by atoms with van der Waals surface area (Å²) in [7, 11) is 0. The van der Waals surface area contributed by atoms with Crippen molar-refractivity contribution in [3.63, 3.8) is 0 Å². The van der Waals surface area contributed by atoms with Gasteiger partial charge >= 0.3 is 0 Å². The van der Waals surface area contributed by atoms with Gasteiger partial charge in [-0.05, 0) is 91.4 Å². The summed E-state index contributed by atoms with van der Waals surface area (Å²) >= 11 is 0. The first-order valence-corrected chi connectivity index (χ1v) is 11.9. The topological polar surface area (TPSA) is 49.8 Å². The lowest BCUT2D eigenvalue weighted by Gasteiger charge is -2.49. The highest BCUT2D eigenvalue weighted by Crippen LogP contribution is 2.62. The van der Waals surface area contributed by atoms with Crippen molar-refractivity contribution in [1.82, 2.24) is 4.90 Å². The summed E-state index contributed by atoms with van der Waals surface area (Å²) in [5.74, 6) is 2.90. The molecule has 2 saturated carbocycles. The maximum absolute atomic E-state index is 11.7. The minimum absolute atomic E-state index is 0.282. The zero-order valence-corrected chi connectivity index (χ0v) is 18.2. The van der Waals surface area contributed by atoms with E-state index < -0.39 is 0 Å². The lowest BCUT2D eigenvalue weighted by atomic mass is 9.55. The van der Waals surface area contributed by atoms with Crippen molar-refractivity contribution in [2.75, 3.05) is 26.3 Å². The number of aromatic hydroxyl groups is 1. The molecule has 3 aliphatic carbocycles. The number of phenolic OH excluding ortho intramolecular Hbond substituents is 1. The summed E-state index contributed by atoms with van der Waals surface area (Å²) in [4.78, 5) is 13.6. The lowest BCUT2D eigenvalue weighted by molar-refractivity contribution is -0.128. The summed E-state index contributed by atoms with van der Waals surface area (Å²) in [5.41, 5.74) is 4.81. The normalized spacial score (nSPS) is 34.2. The van der Waals surface area contributed by atoms with Gasteiger partial charge in [-0.2, -0.15) is 0 Å². The van der Waals surface area contributed by atoms with Crippen molar-refractivity contribution in [3.05, 3.63) is 41.0 Å². The zero-order valence-electron chi connectivity index (χ0n) is 18.2.